The first kappa shape index (κ1) is 24.0. The molecule has 0 saturated heterocycles. The number of nitrogens with zero attached hydrogens (tertiary/aromatic N) is 1. The van der Waals surface area contributed by atoms with Crippen LogP contribution in [0.25, 0.3) is 0 Å². The van der Waals surface area contributed by atoms with Crippen molar-refractivity contribution in [2.45, 2.75) is 0 Å². The fourth-order valence-corrected chi connectivity index (χ4v) is 4.90. The number of methoxy groups -OCH3 is 1. The maximum atomic E-state index is 12.0. The van der Waals surface area contributed by atoms with Crippen molar-refractivity contribution < 1.29 is 28.2 Å². The summed E-state index contributed by atoms with van der Waals surface area (Å²) in [5.41, 5.74) is 2.99. The molecule has 3 rings (SSSR count). The second-order valence-corrected chi connectivity index (χ2v) is 8.68. The quantitative estimate of drug-likeness (QED) is 0.157. The summed E-state index contributed by atoms with van der Waals surface area (Å²) in [4.78, 5) is 24.1. The van der Waals surface area contributed by atoms with Gasteiger partial charge in [-0.3, -0.25) is 4.79 Å². The van der Waals surface area contributed by atoms with Gasteiger partial charge >= 0.3 is 5.97 Å². The Labute approximate surface area is 208 Å². The van der Waals surface area contributed by atoms with Crippen LogP contribution in [0.2, 0.25) is 0 Å². The monoisotopic (exact) mass is 628 g/mol. The van der Waals surface area contributed by atoms with Crippen LogP contribution in [0.5, 0.6) is 17.2 Å². The molecule has 0 unspecified atom stereocenters. The Hall–Kier alpha value is -2.63. The SMILES string of the molecule is COc1cc(/C=N\NC(=O)COc2c(Br)cc(Br)cc2Br)ccc1OC(=O)c1ccco1. The lowest BCUT2D eigenvalue weighted by atomic mass is 10.2. The normalized spacial score (nSPS) is 10.8. The summed E-state index contributed by atoms with van der Waals surface area (Å²) >= 11 is 10.1. The van der Waals surface area contributed by atoms with Crippen LogP contribution in [-0.2, 0) is 4.79 Å². The number of rotatable bonds is 8. The van der Waals surface area contributed by atoms with Gasteiger partial charge in [-0.2, -0.15) is 5.10 Å². The van der Waals surface area contributed by atoms with Gasteiger partial charge in [-0.25, -0.2) is 10.2 Å². The topological polar surface area (TPSA) is 99.4 Å². The third-order valence-electron chi connectivity index (χ3n) is 3.83. The van der Waals surface area contributed by atoms with Gasteiger partial charge in [-0.15, -0.1) is 0 Å². The van der Waals surface area contributed by atoms with Crippen LogP contribution in [-0.4, -0.2) is 31.8 Å². The molecule has 1 amide bonds. The van der Waals surface area contributed by atoms with Crippen molar-refractivity contribution >= 4 is 65.9 Å². The zero-order valence-electron chi connectivity index (χ0n) is 16.4. The molecule has 0 spiro atoms. The Morgan fingerprint density at radius 3 is 2.50 bits per heavy atom. The molecule has 0 aliphatic heterocycles. The Kier molecular flexibility index (Phi) is 8.48. The molecule has 0 saturated carbocycles. The summed E-state index contributed by atoms with van der Waals surface area (Å²) in [6.45, 7) is -0.235. The molecule has 0 bridgehead atoms. The first-order valence-corrected chi connectivity index (χ1v) is 11.3. The second kappa shape index (κ2) is 11.3. The van der Waals surface area contributed by atoms with Crippen molar-refractivity contribution in [3.8, 4) is 17.2 Å². The first-order valence-electron chi connectivity index (χ1n) is 8.90. The number of carbonyl (C=O) groups is 2. The number of benzene rings is 2. The summed E-state index contributed by atoms with van der Waals surface area (Å²) in [6, 6.07) is 11.5. The molecule has 1 N–H and O–H groups in total. The molecular weight excluding hydrogens is 616 g/mol. The molecule has 2 aromatic carbocycles. The number of esters is 1. The molecule has 1 heterocycles. The fourth-order valence-electron chi connectivity index (χ4n) is 2.41. The molecule has 0 fully saturated rings. The van der Waals surface area contributed by atoms with Gasteiger partial charge in [0.15, 0.2) is 18.1 Å². The van der Waals surface area contributed by atoms with E-state index in [4.69, 9.17) is 18.6 Å². The first-order chi connectivity index (χ1) is 15.4. The number of carbonyl (C=O) groups excluding carboxylic acids is 2. The number of amides is 1. The van der Waals surface area contributed by atoms with E-state index in [1.54, 1.807) is 36.4 Å². The van der Waals surface area contributed by atoms with Crippen LogP contribution < -0.4 is 19.6 Å². The summed E-state index contributed by atoms with van der Waals surface area (Å²) in [5.74, 6) is 0.00845. The molecule has 8 nitrogen and oxygen atoms in total. The summed E-state index contributed by atoms with van der Waals surface area (Å²) < 4.78 is 23.3. The van der Waals surface area contributed by atoms with Crippen LogP contribution in [0.4, 0.5) is 0 Å². The minimum absolute atomic E-state index is 0.0739. The predicted molar refractivity (Wildman–Crippen MR) is 127 cm³/mol. The molecule has 0 atom stereocenters. The maximum absolute atomic E-state index is 12.0. The highest BCUT2D eigenvalue weighted by atomic mass is 79.9. The largest absolute Gasteiger partial charge is 0.493 e. The molecule has 0 aliphatic rings. The Morgan fingerprint density at radius 1 is 1.09 bits per heavy atom. The maximum Gasteiger partial charge on any atom is 0.379 e. The zero-order valence-corrected chi connectivity index (χ0v) is 21.2. The van der Waals surface area contributed by atoms with Crippen LogP contribution in [0, 0.1) is 0 Å². The molecule has 0 aliphatic carbocycles. The Morgan fingerprint density at radius 2 is 1.84 bits per heavy atom. The zero-order chi connectivity index (χ0) is 23.1. The van der Waals surface area contributed by atoms with Crippen molar-refractivity contribution in [2.24, 2.45) is 5.10 Å². The highest BCUT2D eigenvalue weighted by Crippen LogP contribution is 2.36. The fraction of sp³-hybridized carbons (Fsp3) is 0.0952. The van der Waals surface area contributed by atoms with E-state index < -0.39 is 11.9 Å². The number of furan rings is 1. The van der Waals surface area contributed by atoms with Crippen LogP contribution >= 0.6 is 47.8 Å². The van der Waals surface area contributed by atoms with E-state index in [2.05, 4.69) is 58.3 Å². The van der Waals surface area contributed by atoms with Crippen molar-refractivity contribution in [1.29, 1.82) is 0 Å². The van der Waals surface area contributed by atoms with Gasteiger partial charge in [0.25, 0.3) is 5.91 Å². The van der Waals surface area contributed by atoms with E-state index >= 15 is 0 Å². The molecule has 166 valence electrons. The van der Waals surface area contributed by atoms with Gasteiger partial charge in [0, 0.05) is 4.47 Å². The number of ether oxygens (including phenoxy) is 3. The summed E-state index contributed by atoms with van der Waals surface area (Å²) in [6.07, 6.45) is 2.80. The van der Waals surface area contributed by atoms with E-state index in [0.29, 0.717) is 26.0 Å². The summed E-state index contributed by atoms with van der Waals surface area (Å²) in [5, 5.41) is 3.91. The molecule has 1 aromatic heterocycles. The number of hydrogen-bond donors (Lipinski definition) is 1. The number of hydrogen-bond acceptors (Lipinski definition) is 7. The smallest absolute Gasteiger partial charge is 0.379 e. The number of nitrogens with one attached hydrogen (secondary N) is 1. The second-order valence-electron chi connectivity index (χ2n) is 6.06. The van der Waals surface area contributed by atoms with Crippen LogP contribution in [0.3, 0.4) is 0 Å². The predicted octanol–water partition coefficient (Wildman–Crippen LogP) is 5.32. The third-order valence-corrected chi connectivity index (χ3v) is 5.46. The van der Waals surface area contributed by atoms with Gasteiger partial charge in [0.1, 0.15) is 5.75 Å². The van der Waals surface area contributed by atoms with E-state index in [-0.39, 0.29) is 18.1 Å². The van der Waals surface area contributed by atoms with E-state index in [1.165, 1.54) is 25.7 Å². The highest BCUT2D eigenvalue weighted by molar-refractivity contribution is 9.11. The van der Waals surface area contributed by atoms with Gasteiger partial charge < -0.3 is 18.6 Å². The lowest BCUT2D eigenvalue weighted by Crippen LogP contribution is -2.24. The summed E-state index contributed by atoms with van der Waals surface area (Å²) in [7, 11) is 1.44. The van der Waals surface area contributed by atoms with Crippen molar-refractivity contribution in [1.82, 2.24) is 5.43 Å². The highest BCUT2D eigenvalue weighted by Gasteiger charge is 2.15. The number of halogens is 3. The minimum atomic E-state index is -0.647. The molecule has 3 aromatic rings. The van der Waals surface area contributed by atoms with Crippen molar-refractivity contribution in [2.75, 3.05) is 13.7 Å². The van der Waals surface area contributed by atoms with Gasteiger partial charge in [0.05, 0.1) is 28.5 Å². The average Bonchev–Trinajstić information content (AvgIpc) is 3.29. The Bertz CT molecular complexity index is 1130. The molecule has 32 heavy (non-hydrogen) atoms. The van der Waals surface area contributed by atoms with Gasteiger partial charge in [-0.1, -0.05) is 15.9 Å². The lowest BCUT2D eigenvalue weighted by Gasteiger charge is -2.10. The van der Waals surface area contributed by atoms with Gasteiger partial charge in [0.2, 0.25) is 5.76 Å². The van der Waals surface area contributed by atoms with Gasteiger partial charge in [-0.05, 0) is 79.9 Å². The van der Waals surface area contributed by atoms with Crippen LogP contribution in [0.15, 0.2) is 71.7 Å². The standard InChI is InChI=1S/C21H15Br3N2O6/c1-29-18-7-12(4-5-16(18)32-21(28)17-3-2-6-30-17)10-25-26-19(27)11-31-20-14(23)8-13(22)9-15(20)24/h2-10H,11H2,1H3,(H,26,27)/b25-10-. The number of hydrazone groups is 1. The van der Waals surface area contributed by atoms with E-state index in [1.807, 2.05) is 0 Å². The van der Waals surface area contributed by atoms with E-state index in [0.717, 1.165) is 4.47 Å². The van der Waals surface area contributed by atoms with Crippen molar-refractivity contribution in [3.63, 3.8) is 0 Å². The van der Waals surface area contributed by atoms with E-state index in [9.17, 15) is 9.59 Å². The van der Waals surface area contributed by atoms with Crippen molar-refractivity contribution in [3.05, 3.63) is 73.5 Å². The molecular formula is C21H15Br3N2O6. The Balaban J connectivity index is 1.57. The molecule has 0 radical (unpaired) electrons. The third kappa shape index (κ3) is 6.44. The lowest BCUT2D eigenvalue weighted by molar-refractivity contribution is -0.123. The minimum Gasteiger partial charge on any atom is -0.493 e. The van der Waals surface area contributed by atoms with Crippen LogP contribution in [0.1, 0.15) is 16.1 Å². The molecule has 11 heteroatoms. The average molecular weight is 631 g/mol.